The van der Waals surface area contributed by atoms with E-state index in [4.69, 9.17) is 5.26 Å². The van der Waals surface area contributed by atoms with Crippen LogP contribution in [-0.2, 0) is 4.79 Å². The van der Waals surface area contributed by atoms with Crippen LogP contribution in [0.25, 0.3) is 0 Å². The van der Waals surface area contributed by atoms with Gasteiger partial charge in [0.2, 0.25) is 5.91 Å². The highest BCUT2D eigenvalue weighted by molar-refractivity contribution is 5.76. The second kappa shape index (κ2) is 8.55. The Labute approximate surface area is 86.7 Å². The molecule has 0 N–H and O–H groups in total. The number of nitriles is 1. The van der Waals surface area contributed by atoms with Crippen LogP contribution in [0.1, 0.15) is 46.0 Å². The molecule has 0 heterocycles. The third-order valence-electron chi connectivity index (χ3n) is 2.10. The van der Waals surface area contributed by atoms with Crippen LogP contribution < -0.4 is 0 Å². The van der Waals surface area contributed by atoms with Gasteiger partial charge in [-0.2, -0.15) is 5.26 Å². The number of hydrogen-bond donors (Lipinski definition) is 0. The molecule has 0 bridgehead atoms. The summed E-state index contributed by atoms with van der Waals surface area (Å²) in [5.74, 6) is 0.127. The summed E-state index contributed by atoms with van der Waals surface area (Å²) in [7, 11) is 0. The Kier molecular flexibility index (Phi) is 7.92. The van der Waals surface area contributed by atoms with Crippen molar-refractivity contribution in [1.29, 1.82) is 5.26 Å². The Balaban J connectivity index is 3.83. The summed E-state index contributed by atoms with van der Waals surface area (Å²) in [5.41, 5.74) is 0. The Morgan fingerprint density at radius 2 is 2.00 bits per heavy atom. The zero-order valence-corrected chi connectivity index (χ0v) is 9.25. The highest BCUT2D eigenvalue weighted by atomic mass is 16.2. The number of carbonyl (C=O) groups excluding carboxylic acids is 1. The minimum Gasteiger partial charge on any atom is -0.329 e. The van der Waals surface area contributed by atoms with Crippen LogP contribution in [0, 0.1) is 11.3 Å². The number of unbranched alkanes of at least 4 members (excludes halogenated alkanes) is 2. The van der Waals surface area contributed by atoms with Gasteiger partial charge in [-0.25, -0.2) is 0 Å². The molecule has 0 spiro atoms. The SMILES string of the molecule is CCCCCC(=O)N(CC#N)CCC. The zero-order chi connectivity index (χ0) is 10.8. The van der Waals surface area contributed by atoms with Gasteiger partial charge in [0, 0.05) is 13.0 Å². The Hall–Kier alpha value is -1.04. The predicted molar refractivity (Wildman–Crippen MR) is 56.6 cm³/mol. The van der Waals surface area contributed by atoms with Crippen LogP contribution in [0.4, 0.5) is 0 Å². The first-order valence-corrected chi connectivity index (χ1v) is 5.41. The highest BCUT2D eigenvalue weighted by Crippen LogP contribution is 2.03. The third kappa shape index (κ3) is 5.58. The number of rotatable bonds is 7. The van der Waals surface area contributed by atoms with Crippen molar-refractivity contribution in [2.24, 2.45) is 0 Å². The van der Waals surface area contributed by atoms with Crippen LogP contribution in [-0.4, -0.2) is 23.9 Å². The number of amides is 1. The largest absolute Gasteiger partial charge is 0.329 e. The normalized spacial score (nSPS) is 9.50. The molecule has 0 aliphatic rings. The van der Waals surface area contributed by atoms with Gasteiger partial charge in [0.05, 0.1) is 6.07 Å². The van der Waals surface area contributed by atoms with E-state index in [1.807, 2.05) is 13.0 Å². The molecule has 0 atom stereocenters. The fraction of sp³-hybridized carbons (Fsp3) is 0.818. The molecular weight excluding hydrogens is 176 g/mol. The van der Waals surface area contributed by atoms with E-state index in [1.54, 1.807) is 4.90 Å². The highest BCUT2D eigenvalue weighted by Gasteiger charge is 2.10. The minimum absolute atomic E-state index is 0.127. The van der Waals surface area contributed by atoms with E-state index in [1.165, 1.54) is 0 Å². The Morgan fingerprint density at radius 3 is 2.50 bits per heavy atom. The molecule has 0 rings (SSSR count). The van der Waals surface area contributed by atoms with Gasteiger partial charge < -0.3 is 4.90 Å². The second-order valence-corrected chi connectivity index (χ2v) is 3.43. The lowest BCUT2D eigenvalue weighted by Crippen LogP contribution is -2.31. The van der Waals surface area contributed by atoms with Crippen molar-refractivity contribution in [2.75, 3.05) is 13.1 Å². The molecule has 3 nitrogen and oxygen atoms in total. The standard InChI is InChI=1S/C11H20N2O/c1-3-5-6-7-11(14)13(9-4-2)10-8-12/h3-7,9-10H2,1-2H3. The van der Waals surface area contributed by atoms with Gasteiger partial charge in [0.15, 0.2) is 0 Å². The summed E-state index contributed by atoms with van der Waals surface area (Å²) in [6.07, 6.45) is 4.68. The predicted octanol–water partition coefficient (Wildman–Crippen LogP) is 2.33. The van der Waals surface area contributed by atoms with Gasteiger partial charge in [-0.1, -0.05) is 26.7 Å². The van der Waals surface area contributed by atoms with E-state index in [9.17, 15) is 4.79 Å². The van der Waals surface area contributed by atoms with Crippen molar-refractivity contribution in [3.8, 4) is 6.07 Å². The number of nitrogens with zero attached hydrogens (tertiary/aromatic N) is 2. The van der Waals surface area contributed by atoms with Gasteiger partial charge >= 0.3 is 0 Å². The van der Waals surface area contributed by atoms with Crippen LogP contribution in [0.2, 0.25) is 0 Å². The summed E-state index contributed by atoms with van der Waals surface area (Å²) >= 11 is 0. The van der Waals surface area contributed by atoms with E-state index in [2.05, 4.69) is 6.92 Å². The fourth-order valence-corrected chi connectivity index (χ4v) is 1.33. The van der Waals surface area contributed by atoms with Crippen LogP contribution in [0.15, 0.2) is 0 Å². The van der Waals surface area contributed by atoms with Crippen molar-refractivity contribution < 1.29 is 4.79 Å². The average molecular weight is 196 g/mol. The molecule has 3 heteroatoms. The molecule has 80 valence electrons. The van der Waals surface area contributed by atoms with Crippen molar-refractivity contribution >= 4 is 5.91 Å². The van der Waals surface area contributed by atoms with Crippen LogP contribution in [0.3, 0.4) is 0 Å². The molecule has 0 aromatic rings. The lowest BCUT2D eigenvalue weighted by Gasteiger charge is -2.18. The van der Waals surface area contributed by atoms with Crippen LogP contribution in [0.5, 0.6) is 0 Å². The molecule has 1 amide bonds. The maximum absolute atomic E-state index is 11.6. The molecule has 0 aromatic carbocycles. The summed E-state index contributed by atoms with van der Waals surface area (Å²) in [6.45, 7) is 5.07. The maximum atomic E-state index is 11.6. The quantitative estimate of drug-likeness (QED) is 0.463. The van der Waals surface area contributed by atoms with E-state index < -0.39 is 0 Å². The smallest absolute Gasteiger partial charge is 0.223 e. The lowest BCUT2D eigenvalue weighted by atomic mass is 10.2. The molecule has 0 saturated carbocycles. The molecule has 0 radical (unpaired) electrons. The van der Waals surface area contributed by atoms with Crippen molar-refractivity contribution in [1.82, 2.24) is 4.90 Å². The molecule has 14 heavy (non-hydrogen) atoms. The lowest BCUT2D eigenvalue weighted by molar-refractivity contribution is -0.130. The first-order valence-electron chi connectivity index (χ1n) is 5.41. The Morgan fingerprint density at radius 1 is 1.29 bits per heavy atom. The van der Waals surface area contributed by atoms with Gasteiger partial charge in [-0.15, -0.1) is 0 Å². The van der Waals surface area contributed by atoms with E-state index in [-0.39, 0.29) is 12.5 Å². The fourth-order valence-electron chi connectivity index (χ4n) is 1.33. The van der Waals surface area contributed by atoms with Crippen LogP contribution >= 0.6 is 0 Å². The molecular formula is C11H20N2O. The number of hydrogen-bond acceptors (Lipinski definition) is 2. The third-order valence-corrected chi connectivity index (χ3v) is 2.10. The molecule has 0 unspecified atom stereocenters. The molecule has 0 saturated heterocycles. The minimum atomic E-state index is 0.127. The van der Waals surface area contributed by atoms with Gasteiger partial charge in [-0.05, 0) is 12.8 Å². The average Bonchev–Trinajstić information content (AvgIpc) is 2.18. The summed E-state index contributed by atoms with van der Waals surface area (Å²) in [4.78, 5) is 13.2. The summed E-state index contributed by atoms with van der Waals surface area (Å²) in [5, 5.41) is 8.54. The van der Waals surface area contributed by atoms with E-state index in [0.717, 1.165) is 25.7 Å². The first-order chi connectivity index (χ1) is 6.76. The van der Waals surface area contributed by atoms with Gasteiger partial charge in [0.1, 0.15) is 6.54 Å². The van der Waals surface area contributed by atoms with E-state index >= 15 is 0 Å². The molecule has 0 aliphatic carbocycles. The Bertz CT molecular complexity index is 196. The van der Waals surface area contributed by atoms with Crippen molar-refractivity contribution in [2.45, 2.75) is 46.0 Å². The van der Waals surface area contributed by atoms with E-state index in [0.29, 0.717) is 13.0 Å². The first kappa shape index (κ1) is 13.0. The van der Waals surface area contributed by atoms with Gasteiger partial charge in [0.25, 0.3) is 0 Å². The molecule has 0 fully saturated rings. The zero-order valence-electron chi connectivity index (χ0n) is 9.25. The monoisotopic (exact) mass is 196 g/mol. The second-order valence-electron chi connectivity index (χ2n) is 3.43. The maximum Gasteiger partial charge on any atom is 0.223 e. The molecule has 0 aliphatic heterocycles. The van der Waals surface area contributed by atoms with Gasteiger partial charge in [-0.3, -0.25) is 4.79 Å². The van der Waals surface area contributed by atoms with Crippen molar-refractivity contribution in [3.05, 3.63) is 0 Å². The number of carbonyl (C=O) groups is 1. The molecule has 0 aromatic heterocycles. The summed E-state index contributed by atoms with van der Waals surface area (Å²) < 4.78 is 0. The summed E-state index contributed by atoms with van der Waals surface area (Å²) in [6, 6.07) is 2.03. The topological polar surface area (TPSA) is 44.1 Å². The van der Waals surface area contributed by atoms with Crippen molar-refractivity contribution in [3.63, 3.8) is 0 Å².